The Morgan fingerprint density at radius 3 is 2.35 bits per heavy atom. The Hall–Kier alpha value is -1.83. The smallest absolute Gasteiger partial charge is 0.0366 e. The number of aromatic nitrogens is 1. The van der Waals surface area contributed by atoms with Crippen LogP contribution >= 0.6 is 0 Å². The summed E-state index contributed by atoms with van der Waals surface area (Å²) in [4.78, 5) is 6.53. The van der Waals surface area contributed by atoms with Crippen molar-refractivity contribution in [1.82, 2.24) is 4.98 Å². The number of hydrogen-bond donors (Lipinski definition) is 0. The number of pyridine rings is 1. The molecule has 0 fully saturated rings. The highest BCUT2D eigenvalue weighted by Gasteiger charge is 2.04. The fraction of sp³-hybridized carbons (Fsp3) is 0.476. The van der Waals surface area contributed by atoms with Gasteiger partial charge < -0.3 is 4.90 Å². The van der Waals surface area contributed by atoms with Gasteiger partial charge in [0.25, 0.3) is 0 Å². The van der Waals surface area contributed by atoms with Crippen LogP contribution in [-0.2, 0) is 12.8 Å². The lowest BCUT2D eigenvalue weighted by Crippen LogP contribution is -2.19. The molecule has 1 aromatic heterocycles. The van der Waals surface area contributed by atoms with Gasteiger partial charge in [0.15, 0.2) is 0 Å². The van der Waals surface area contributed by atoms with Crippen LogP contribution in [0.4, 0.5) is 5.69 Å². The first-order chi connectivity index (χ1) is 11.1. The van der Waals surface area contributed by atoms with Gasteiger partial charge in [0.2, 0.25) is 0 Å². The molecule has 1 aromatic carbocycles. The Bertz CT molecular complexity index is 535. The van der Waals surface area contributed by atoms with Crippen LogP contribution in [0.2, 0.25) is 0 Å². The average Bonchev–Trinajstić information content (AvgIpc) is 2.61. The zero-order valence-corrected chi connectivity index (χ0v) is 15.4. The molecule has 0 bridgehead atoms. The summed E-state index contributed by atoms with van der Waals surface area (Å²) in [6.07, 6.45) is 7.13. The van der Waals surface area contributed by atoms with Gasteiger partial charge in [0.05, 0.1) is 0 Å². The standard InChI is InChI=1S/C19H26N2.C2H6/c1-16(2)11-13-21(3)19-8-4-6-17(14-19)9-10-18-7-5-12-20-15-18;1-2/h4-8,12,14-16H,9-11,13H2,1-3H3;1-2H3. The van der Waals surface area contributed by atoms with Crippen molar-refractivity contribution in [3.05, 3.63) is 59.9 Å². The Balaban J connectivity index is 0.00000127. The zero-order chi connectivity index (χ0) is 17.1. The lowest BCUT2D eigenvalue weighted by molar-refractivity contribution is 0.585. The third-order valence-corrected chi connectivity index (χ3v) is 3.82. The summed E-state index contributed by atoms with van der Waals surface area (Å²) >= 11 is 0. The second-order valence-electron chi connectivity index (χ2n) is 6.14. The van der Waals surface area contributed by atoms with Crippen molar-refractivity contribution in [2.45, 2.75) is 47.0 Å². The lowest BCUT2D eigenvalue weighted by Gasteiger charge is -2.21. The van der Waals surface area contributed by atoms with E-state index in [9.17, 15) is 0 Å². The minimum atomic E-state index is 0.751. The minimum Gasteiger partial charge on any atom is -0.375 e. The van der Waals surface area contributed by atoms with Crippen molar-refractivity contribution in [3.8, 4) is 0 Å². The van der Waals surface area contributed by atoms with Crippen LogP contribution in [-0.4, -0.2) is 18.6 Å². The summed E-state index contributed by atoms with van der Waals surface area (Å²) in [6, 6.07) is 13.1. The van der Waals surface area contributed by atoms with E-state index in [0.717, 1.165) is 25.3 Å². The largest absolute Gasteiger partial charge is 0.375 e. The van der Waals surface area contributed by atoms with E-state index in [1.807, 2.05) is 32.3 Å². The van der Waals surface area contributed by atoms with E-state index >= 15 is 0 Å². The molecule has 0 saturated heterocycles. The van der Waals surface area contributed by atoms with Crippen LogP contribution in [0.15, 0.2) is 48.8 Å². The monoisotopic (exact) mass is 312 g/mol. The van der Waals surface area contributed by atoms with E-state index in [2.05, 4.69) is 61.1 Å². The van der Waals surface area contributed by atoms with Crippen molar-refractivity contribution in [1.29, 1.82) is 0 Å². The Kier molecular flexibility index (Phi) is 9.04. The van der Waals surface area contributed by atoms with Crippen LogP contribution in [0.25, 0.3) is 0 Å². The van der Waals surface area contributed by atoms with E-state index in [0.29, 0.717) is 0 Å². The molecule has 0 unspecified atom stereocenters. The van der Waals surface area contributed by atoms with Gasteiger partial charge in [0.1, 0.15) is 0 Å². The average molecular weight is 313 g/mol. The van der Waals surface area contributed by atoms with Crippen molar-refractivity contribution in [2.75, 3.05) is 18.5 Å². The summed E-state index contributed by atoms with van der Waals surface area (Å²) in [5, 5.41) is 0. The van der Waals surface area contributed by atoms with Crippen LogP contribution < -0.4 is 4.90 Å². The first-order valence-electron chi connectivity index (χ1n) is 8.84. The number of hydrogen-bond acceptors (Lipinski definition) is 2. The highest BCUT2D eigenvalue weighted by Crippen LogP contribution is 2.17. The minimum absolute atomic E-state index is 0.751. The molecule has 1 heterocycles. The van der Waals surface area contributed by atoms with Crippen LogP contribution in [0.3, 0.4) is 0 Å². The second kappa shape index (κ2) is 10.8. The van der Waals surface area contributed by atoms with Crippen LogP contribution in [0, 0.1) is 5.92 Å². The maximum atomic E-state index is 4.18. The van der Waals surface area contributed by atoms with E-state index < -0.39 is 0 Å². The molecular formula is C21H32N2. The van der Waals surface area contributed by atoms with Crippen molar-refractivity contribution >= 4 is 5.69 Å². The van der Waals surface area contributed by atoms with E-state index in [4.69, 9.17) is 0 Å². The number of rotatable bonds is 7. The molecule has 2 rings (SSSR count). The maximum absolute atomic E-state index is 4.18. The quantitative estimate of drug-likeness (QED) is 0.682. The number of anilines is 1. The molecule has 0 saturated carbocycles. The number of nitrogens with zero attached hydrogens (tertiary/aromatic N) is 2. The van der Waals surface area contributed by atoms with Crippen molar-refractivity contribution in [3.63, 3.8) is 0 Å². The van der Waals surface area contributed by atoms with Gasteiger partial charge in [-0.1, -0.05) is 45.9 Å². The fourth-order valence-electron chi connectivity index (χ4n) is 2.37. The predicted octanol–water partition coefficient (Wildman–Crippen LogP) is 5.38. The lowest BCUT2D eigenvalue weighted by atomic mass is 10.0. The summed E-state index contributed by atoms with van der Waals surface area (Å²) in [7, 11) is 2.18. The van der Waals surface area contributed by atoms with E-state index in [-0.39, 0.29) is 0 Å². The summed E-state index contributed by atoms with van der Waals surface area (Å²) in [6.45, 7) is 9.67. The van der Waals surface area contributed by atoms with Gasteiger partial charge in [-0.3, -0.25) is 4.98 Å². The molecule has 0 N–H and O–H groups in total. The Labute approximate surface area is 142 Å². The van der Waals surface area contributed by atoms with Crippen molar-refractivity contribution < 1.29 is 0 Å². The molecule has 23 heavy (non-hydrogen) atoms. The molecule has 0 amide bonds. The Morgan fingerprint density at radius 2 is 1.70 bits per heavy atom. The maximum Gasteiger partial charge on any atom is 0.0366 e. The zero-order valence-electron chi connectivity index (χ0n) is 15.4. The van der Waals surface area contributed by atoms with E-state index in [1.165, 1.54) is 23.2 Å². The molecule has 2 aromatic rings. The molecule has 0 aliphatic rings. The predicted molar refractivity (Wildman–Crippen MR) is 102 cm³/mol. The van der Waals surface area contributed by atoms with Gasteiger partial charge in [-0.05, 0) is 54.5 Å². The molecule has 0 spiro atoms. The third kappa shape index (κ3) is 7.32. The molecule has 2 nitrogen and oxygen atoms in total. The van der Waals surface area contributed by atoms with Crippen molar-refractivity contribution in [2.24, 2.45) is 5.92 Å². The highest BCUT2D eigenvalue weighted by molar-refractivity contribution is 5.48. The SMILES string of the molecule is CC.CC(C)CCN(C)c1cccc(CCc2cccnc2)c1. The first-order valence-corrected chi connectivity index (χ1v) is 8.84. The summed E-state index contributed by atoms with van der Waals surface area (Å²) in [5.74, 6) is 0.751. The molecule has 126 valence electrons. The van der Waals surface area contributed by atoms with Gasteiger partial charge in [-0.25, -0.2) is 0 Å². The van der Waals surface area contributed by atoms with Crippen LogP contribution in [0.5, 0.6) is 0 Å². The molecule has 2 heteroatoms. The summed E-state index contributed by atoms with van der Waals surface area (Å²) < 4.78 is 0. The third-order valence-electron chi connectivity index (χ3n) is 3.82. The first kappa shape index (κ1) is 19.2. The summed E-state index contributed by atoms with van der Waals surface area (Å²) in [5.41, 5.74) is 4.02. The highest BCUT2D eigenvalue weighted by atomic mass is 15.1. The van der Waals surface area contributed by atoms with Gasteiger partial charge in [-0.15, -0.1) is 0 Å². The molecule has 0 aliphatic carbocycles. The second-order valence-corrected chi connectivity index (χ2v) is 6.14. The molecule has 0 atom stereocenters. The van der Waals surface area contributed by atoms with Gasteiger partial charge >= 0.3 is 0 Å². The number of benzene rings is 1. The molecule has 0 aliphatic heterocycles. The van der Waals surface area contributed by atoms with Crippen LogP contribution in [0.1, 0.15) is 45.2 Å². The van der Waals surface area contributed by atoms with Gasteiger partial charge in [-0.2, -0.15) is 0 Å². The van der Waals surface area contributed by atoms with Gasteiger partial charge in [0, 0.05) is 31.7 Å². The number of aryl methyl sites for hydroxylation is 2. The molecule has 0 radical (unpaired) electrons. The Morgan fingerprint density at radius 1 is 1.00 bits per heavy atom. The van der Waals surface area contributed by atoms with E-state index in [1.54, 1.807) is 0 Å². The normalized spacial score (nSPS) is 10.2. The topological polar surface area (TPSA) is 16.1 Å². The fourth-order valence-corrected chi connectivity index (χ4v) is 2.37. The molecular weight excluding hydrogens is 280 g/mol.